The Bertz CT molecular complexity index is 301. The van der Waals surface area contributed by atoms with Gasteiger partial charge in [-0.2, -0.15) is 0 Å². The number of nitrogens with two attached hydrogens (primary N) is 1. The minimum Gasteiger partial charge on any atom is -0.366 e. The normalized spacial score (nSPS) is 10.1. The van der Waals surface area contributed by atoms with E-state index < -0.39 is 0 Å². The molecule has 0 saturated carbocycles. The number of primary amides is 1. The molecule has 60 valence electrons. The highest BCUT2D eigenvalue weighted by atomic mass is 32.1. The standard InChI is InChI=1S/C8H11NOS/c1-4-5(2)11-6(3)7(4)8(9)10/h1-3H3,(H2,9,10). The second-order valence-electron chi connectivity index (χ2n) is 2.58. The first-order valence-corrected chi connectivity index (χ1v) is 4.22. The van der Waals surface area contributed by atoms with Crippen LogP contribution in [0.2, 0.25) is 0 Å². The van der Waals surface area contributed by atoms with Gasteiger partial charge in [-0.05, 0) is 26.3 Å². The molecule has 0 bridgehead atoms. The van der Waals surface area contributed by atoms with Crippen LogP contribution in [-0.2, 0) is 0 Å². The van der Waals surface area contributed by atoms with Gasteiger partial charge in [0, 0.05) is 9.75 Å². The fraction of sp³-hybridized carbons (Fsp3) is 0.375. The first kappa shape index (κ1) is 8.27. The lowest BCUT2D eigenvalue weighted by atomic mass is 10.1. The van der Waals surface area contributed by atoms with Crippen LogP contribution in [0.1, 0.15) is 25.7 Å². The van der Waals surface area contributed by atoms with Gasteiger partial charge >= 0.3 is 0 Å². The molecule has 0 spiro atoms. The largest absolute Gasteiger partial charge is 0.366 e. The summed E-state index contributed by atoms with van der Waals surface area (Å²) in [5.74, 6) is -0.315. The summed E-state index contributed by atoms with van der Waals surface area (Å²) in [6.07, 6.45) is 0. The minimum atomic E-state index is -0.315. The Balaban J connectivity index is 3.34. The van der Waals surface area contributed by atoms with Crippen molar-refractivity contribution in [2.75, 3.05) is 0 Å². The Labute approximate surface area is 70.0 Å². The van der Waals surface area contributed by atoms with E-state index in [1.807, 2.05) is 20.8 Å². The number of thiophene rings is 1. The number of hydrogen-bond donors (Lipinski definition) is 1. The third-order valence-corrected chi connectivity index (χ3v) is 2.93. The monoisotopic (exact) mass is 169 g/mol. The summed E-state index contributed by atoms with van der Waals surface area (Å²) in [5.41, 5.74) is 6.93. The average molecular weight is 169 g/mol. The van der Waals surface area contributed by atoms with Crippen LogP contribution in [0.25, 0.3) is 0 Å². The summed E-state index contributed by atoms with van der Waals surface area (Å²) in [5, 5.41) is 0. The van der Waals surface area contributed by atoms with E-state index >= 15 is 0 Å². The number of hydrogen-bond acceptors (Lipinski definition) is 2. The molecule has 0 radical (unpaired) electrons. The number of carbonyl (C=O) groups excluding carboxylic acids is 1. The number of amides is 1. The molecule has 2 N–H and O–H groups in total. The number of aryl methyl sites for hydroxylation is 2. The fourth-order valence-electron chi connectivity index (χ4n) is 1.16. The van der Waals surface area contributed by atoms with Gasteiger partial charge in [0.25, 0.3) is 0 Å². The predicted molar refractivity (Wildman–Crippen MR) is 47.0 cm³/mol. The van der Waals surface area contributed by atoms with Gasteiger partial charge in [-0.3, -0.25) is 4.79 Å². The molecule has 3 heteroatoms. The van der Waals surface area contributed by atoms with Gasteiger partial charge in [0.2, 0.25) is 5.91 Å². The molecule has 1 rings (SSSR count). The van der Waals surface area contributed by atoms with Crippen molar-refractivity contribution >= 4 is 17.2 Å². The zero-order valence-electron chi connectivity index (χ0n) is 6.89. The zero-order valence-corrected chi connectivity index (χ0v) is 7.71. The van der Waals surface area contributed by atoms with Crippen LogP contribution in [0.3, 0.4) is 0 Å². The van der Waals surface area contributed by atoms with Crippen molar-refractivity contribution in [3.63, 3.8) is 0 Å². The molecule has 11 heavy (non-hydrogen) atoms. The molecule has 2 nitrogen and oxygen atoms in total. The summed E-state index contributed by atoms with van der Waals surface area (Å²) in [6, 6.07) is 0. The summed E-state index contributed by atoms with van der Waals surface area (Å²) < 4.78 is 0. The van der Waals surface area contributed by atoms with Gasteiger partial charge in [-0.25, -0.2) is 0 Å². The quantitative estimate of drug-likeness (QED) is 0.684. The number of carbonyl (C=O) groups is 1. The van der Waals surface area contributed by atoms with E-state index in [4.69, 9.17) is 5.73 Å². The molecule has 0 aliphatic rings. The molecule has 1 heterocycles. The van der Waals surface area contributed by atoms with Gasteiger partial charge in [0.15, 0.2) is 0 Å². The molecular formula is C8H11NOS. The van der Waals surface area contributed by atoms with E-state index in [2.05, 4.69) is 0 Å². The molecule has 0 aromatic carbocycles. The van der Waals surface area contributed by atoms with Crippen molar-refractivity contribution in [2.45, 2.75) is 20.8 Å². The van der Waals surface area contributed by atoms with Gasteiger partial charge in [0.1, 0.15) is 0 Å². The molecule has 1 aromatic rings. The van der Waals surface area contributed by atoms with Gasteiger partial charge in [-0.15, -0.1) is 11.3 Å². The highest BCUT2D eigenvalue weighted by Crippen LogP contribution is 2.25. The van der Waals surface area contributed by atoms with Gasteiger partial charge < -0.3 is 5.73 Å². The van der Waals surface area contributed by atoms with E-state index in [1.165, 1.54) is 4.88 Å². The minimum absolute atomic E-state index is 0.315. The van der Waals surface area contributed by atoms with E-state index in [0.717, 1.165) is 10.4 Å². The highest BCUT2D eigenvalue weighted by Gasteiger charge is 2.12. The second-order valence-corrected chi connectivity index (χ2v) is 4.01. The first-order chi connectivity index (χ1) is 5.04. The fourth-order valence-corrected chi connectivity index (χ4v) is 2.23. The van der Waals surface area contributed by atoms with Crippen molar-refractivity contribution in [1.82, 2.24) is 0 Å². The Hall–Kier alpha value is -0.830. The molecule has 0 fully saturated rings. The van der Waals surface area contributed by atoms with Crippen LogP contribution in [0.15, 0.2) is 0 Å². The number of rotatable bonds is 1. The summed E-state index contributed by atoms with van der Waals surface area (Å²) in [6.45, 7) is 5.85. The lowest BCUT2D eigenvalue weighted by molar-refractivity contribution is 0.0999. The van der Waals surface area contributed by atoms with E-state index in [1.54, 1.807) is 11.3 Å². The molecular weight excluding hydrogens is 158 g/mol. The molecule has 0 unspecified atom stereocenters. The molecule has 0 aliphatic heterocycles. The lowest BCUT2D eigenvalue weighted by Gasteiger charge is -1.94. The second kappa shape index (κ2) is 2.66. The molecule has 0 aliphatic carbocycles. The van der Waals surface area contributed by atoms with Crippen molar-refractivity contribution in [3.8, 4) is 0 Å². The summed E-state index contributed by atoms with van der Waals surface area (Å²) in [4.78, 5) is 13.1. The summed E-state index contributed by atoms with van der Waals surface area (Å²) >= 11 is 1.62. The van der Waals surface area contributed by atoms with Gasteiger partial charge in [0.05, 0.1) is 5.56 Å². The lowest BCUT2D eigenvalue weighted by Crippen LogP contribution is -2.12. The van der Waals surface area contributed by atoms with Gasteiger partial charge in [-0.1, -0.05) is 0 Å². The third-order valence-electron chi connectivity index (χ3n) is 1.81. The molecule has 0 atom stereocenters. The van der Waals surface area contributed by atoms with Crippen molar-refractivity contribution in [1.29, 1.82) is 0 Å². The SMILES string of the molecule is Cc1sc(C)c(C(N)=O)c1C. The van der Waals surface area contributed by atoms with Crippen LogP contribution in [0, 0.1) is 20.8 Å². The third kappa shape index (κ3) is 1.28. The molecule has 1 aromatic heterocycles. The summed E-state index contributed by atoms with van der Waals surface area (Å²) in [7, 11) is 0. The average Bonchev–Trinajstić information content (AvgIpc) is 2.07. The van der Waals surface area contributed by atoms with Crippen LogP contribution in [0.4, 0.5) is 0 Å². The molecule has 0 saturated heterocycles. The Kier molecular flexibility index (Phi) is 2.00. The van der Waals surface area contributed by atoms with Crippen LogP contribution in [0.5, 0.6) is 0 Å². The van der Waals surface area contributed by atoms with Crippen molar-refractivity contribution in [3.05, 3.63) is 20.9 Å². The molecule has 1 amide bonds. The maximum Gasteiger partial charge on any atom is 0.250 e. The maximum absolute atomic E-state index is 10.9. The van der Waals surface area contributed by atoms with E-state index in [0.29, 0.717) is 5.56 Å². The highest BCUT2D eigenvalue weighted by molar-refractivity contribution is 7.12. The first-order valence-electron chi connectivity index (χ1n) is 3.40. The van der Waals surface area contributed by atoms with Crippen molar-refractivity contribution in [2.24, 2.45) is 5.73 Å². The Morgan fingerprint density at radius 2 is 1.82 bits per heavy atom. The maximum atomic E-state index is 10.9. The zero-order chi connectivity index (χ0) is 8.59. The smallest absolute Gasteiger partial charge is 0.250 e. The van der Waals surface area contributed by atoms with Crippen LogP contribution < -0.4 is 5.73 Å². The Morgan fingerprint density at radius 1 is 1.27 bits per heavy atom. The Morgan fingerprint density at radius 3 is 2.00 bits per heavy atom. The van der Waals surface area contributed by atoms with Crippen LogP contribution in [-0.4, -0.2) is 5.91 Å². The van der Waals surface area contributed by atoms with E-state index in [9.17, 15) is 4.79 Å². The predicted octanol–water partition coefficient (Wildman–Crippen LogP) is 1.77. The van der Waals surface area contributed by atoms with E-state index in [-0.39, 0.29) is 5.91 Å². The van der Waals surface area contributed by atoms with Crippen LogP contribution >= 0.6 is 11.3 Å². The van der Waals surface area contributed by atoms with Crippen molar-refractivity contribution < 1.29 is 4.79 Å². The topological polar surface area (TPSA) is 43.1 Å².